The van der Waals surface area contributed by atoms with Crippen molar-refractivity contribution < 1.29 is 14.7 Å². The average Bonchev–Trinajstić information content (AvgIpc) is 3.29. The van der Waals surface area contributed by atoms with E-state index in [0.29, 0.717) is 11.8 Å². The number of nitrogens with zero attached hydrogens (tertiary/aromatic N) is 2. The predicted octanol–water partition coefficient (Wildman–Crippen LogP) is 0.864. The molecule has 21 heavy (non-hydrogen) atoms. The van der Waals surface area contributed by atoms with E-state index >= 15 is 0 Å². The van der Waals surface area contributed by atoms with Gasteiger partial charge in [0, 0.05) is 38.5 Å². The molecule has 3 aliphatic rings. The Morgan fingerprint density at radius 1 is 1.10 bits per heavy atom. The first-order valence-corrected chi connectivity index (χ1v) is 8.26. The van der Waals surface area contributed by atoms with Crippen molar-refractivity contribution in [3.63, 3.8) is 0 Å². The van der Waals surface area contributed by atoms with E-state index in [1.54, 1.807) is 0 Å². The lowest BCUT2D eigenvalue weighted by atomic mass is 9.82. The minimum Gasteiger partial charge on any atom is -0.393 e. The van der Waals surface area contributed by atoms with Gasteiger partial charge in [-0.2, -0.15) is 0 Å². The highest BCUT2D eigenvalue weighted by atomic mass is 16.3. The molecule has 3 rings (SSSR count). The van der Waals surface area contributed by atoms with Crippen LogP contribution in [0.25, 0.3) is 0 Å². The number of amides is 2. The molecule has 1 saturated heterocycles. The van der Waals surface area contributed by atoms with Gasteiger partial charge in [-0.3, -0.25) is 9.59 Å². The fourth-order valence-electron chi connectivity index (χ4n) is 3.57. The number of hydrogen-bond donors (Lipinski definition) is 1. The summed E-state index contributed by atoms with van der Waals surface area (Å²) in [7, 11) is 1.87. The number of rotatable bonds is 4. The molecule has 2 aliphatic carbocycles. The van der Waals surface area contributed by atoms with Gasteiger partial charge in [0.15, 0.2) is 0 Å². The lowest BCUT2D eigenvalue weighted by molar-refractivity contribution is -0.141. The molecule has 0 atom stereocenters. The molecule has 0 aromatic carbocycles. The van der Waals surface area contributed by atoms with Gasteiger partial charge in [-0.25, -0.2) is 0 Å². The predicted molar refractivity (Wildman–Crippen MR) is 78.4 cm³/mol. The molecule has 0 aromatic rings. The van der Waals surface area contributed by atoms with Crippen molar-refractivity contribution >= 4 is 11.8 Å². The van der Waals surface area contributed by atoms with Crippen LogP contribution in [0.1, 0.15) is 38.5 Å². The highest BCUT2D eigenvalue weighted by Gasteiger charge is 2.37. The Kier molecular flexibility index (Phi) is 4.20. The molecule has 0 bridgehead atoms. The summed E-state index contributed by atoms with van der Waals surface area (Å²) in [6.07, 6.45) is 5.19. The Hall–Kier alpha value is -1.10. The van der Waals surface area contributed by atoms with Crippen molar-refractivity contribution in [2.24, 2.45) is 17.8 Å². The first-order chi connectivity index (χ1) is 10.0. The van der Waals surface area contributed by atoms with Crippen LogP contribution in [0.15, 0.2) is 0 Å². The van der Waals surface area contributed by atoms with Crippen LogP contribution < -0.4 is 0 Å². The molecule has 5 nitrogen and oxygen atoms in total. The lowest BCUT2D eigenvalue weighted by Gasteiger charge is -2.37. The molecule has 1 N–H and O–H groups in total. The third-order valence-corrected chi connectivity index (χ3v) is 5.20. The van der Waals surface area contributed by atoms with Gasteiger partial charge in [-0.15, -0.1) is 0 Å². The van der Waals surface area contributed by atoms with Gasteiger partial charge in [0.2, 0.25) is 11.8 Å². The van der Waals surface area contributed by atoms with Crippen molar-refractivity contribution in [3.8, 4) is 0 Å². The van der Waals surface area contributed by atoms with Crippen molar-refractivity contribution in [2.45, 2.75) is 44.6 Å². The average molecular weight is 294 g/mol. The largest absolute Gasteiger partial charge is 0.393 e. The summed E-state index contributed by atoms with van der Waals surface area (Å²) < 4.78 is 0. The molecular weight excluding hydrogens is 268 g/mol. The molecule has 2 saturated carbocycles. The van der Waals surface area contributed by atoms with Crippen LogP contribution in [-0.2, 0) is 9.59 Å². The number of carbonyl (C=O) groups is 2. The summed E-state index contributed by atoms with van der Waals surface area (Å²) in [5.41, 5.74) is 0. The Morgan fingerprint density at radius 3 is 2.24 bits per heavy atom. The third-order valence-electron chi connectivity index (χ3n) is 5.20. The number of hydrogen-bond acceptors (Lipinski definition) is 3. The molecular formula is C16H26N2O3. The van der Waals surface area contributed by atoms with Crippen LogP contribution >= 0.6 is 0 Å². The number of likely N-dealkylation sites (tertiary alicyclic amines) is 1. The first kappa shape index (κ1) is 14.8. The van der Waals surface area contributed by atoms with E-state index in [9.17, 15) is 14.7 Å². The summed E-state index contributed by atoms with van der Waals surface area (Å²) >= 11 is 0. The van der Waals surface area contributed by atoms with Crippen molar-refractivity contribution in [1.82, 2.24) is 9.80 Å². The van der Waals surface area contributed by atoms with Crippen LogP contribution in [0.5, 0.6) is 0 Å². The Balaban J connectivity index is 1.42. The van der Waals surface area contributed by atoms with Gasteiger partial charge >= 0.3 is 0 Å². The second-order valence-electron chi connectivity index (χ2n) is 7.08. The summed E-state index contributed by atoms with van der Waals surface area (Å²) in [5, 5.41) is 9.31. The van der Waals surface area contributed by atoms with E-state index in [2.05, 4.69) is 0 Å². The number of piperidine rings is 1. The van der Waals surface area contributed by atoms with Crippen molar-refractivity contribution in [2.75, 3.05) is 26.7 Å². The third kappa shape index (κ3) is 3.39. The number of aliphatic hydroxyl groups is 1. The molecule has 118 valence electrons. The fourth-order valence-corrected chi connectivity index (χ4v) is 3.57. The minimum atomic E-state index is -0.157. The van der Waals surface area contributed by atoms with Gasteiger partial charge in [-0.1, -0.05) is 0 Å². The van der Waals surface area contributed by atoms with E-state index in [1.165, 1.54) is 0 Å². The maximum Gasteiger partial charge on any atom is 0.225 e. The minimum absolute atomic E-state index is 0.0725. The van der Waals surface area contributed by atoms with E-state index in [1.807, 2.05) is 16.8 Å². The molecule has 0 radical (unpaired) electrons. The second-order valence-corrected chi connectivity index (χ2v) is 7.08. The summed E-state index contributed by atoms with van der Waals surface area (Å²) in [6.45, 7) is 2.24. The Labute approximate surface area is 126 Å². The molecule has 0 aromatic heterocycles. The van der Waals surface area contributed by atoms with E-state index in [4.69, 9.17) is 0 Å². The van der Waals surface area contributed by atoms with Gasteiger partial charge in [-0.05, 0) is 44.4 Å². The highest BCUT2D eigenvalue weighted by Crippen LogP contribution is 2.33. The maximum atomic E-state index is 12.4. The van der Waals surface area contributed by atoms with E-state index in [-0.39, 0.29) is 23.8 Å². The van der Waals surface area contributed by atoms with Gasteiger partial charge in [0.05, 0.1) is 6.10 Å². The summed E-state index contributed by atoms with van der Waals surface area (Å²) in [4.78, 5) is 28.2. The van der Waals surface area contributed by atoms with Gasteiger partial charge < -0.3 is 14.9 Å². The molecule has 1 aliphatic heterocycles. The van der Waals surface area contributed by atoms with Crippen molar-refractivity contribution in [3.05, 3.63) is 0 Å². The molecule has 2 amide bonds. The number of aliphatic hydroxyl groups excluding tert-OH is 1. The molecule has 5 heteroatoms. The number of carbonyl (C=O) groups excluding carboxylic acids is 2. The first-order valence-electron chi connectivity index (χ1n) is 8.26. The fraction of sp³-hybridized carbons (Fsp3) is 0.875. The Bertz CT molecular complexity index is 408. The zero-order valence-electron chi connectivity index (χ0n) is 12.8. The molecule has 3 fully saturated rings. The quantitative estimate of drug-likeness (QED) is 0.837. The molecule has 1 heterocycles. The monoisotopic (exact) mass is 294 g/mol. The van der Waals surface area contributed by atoms with E-state index in [0.717, 1.165) is 58.2 Å². The maximum absolute atomic E-state index is 12.4. The summed E-state index contributed by atoms with van der Waals surface area (Å²) in [6, 6.07) is 0. The van der Waals surface area contributed by atoms with Crippen LogP contribution in [0.2, 0.25) is 0 Å². The SMILES string of the molecule is CN(CC1CC(O)C1)C(=O)C1CCN(C(=O)C2CC2)CC1. The van der Waals surface area contributed by atoms with Crippen LogP contribution in [0.3, 0.4) is 0 Å². The smallest absolute Gasteiger partial charge is 0.225 e. The topological polar surface area (TPSA) is 60.9 Å². The second kappa shape index (κ2) is 5.95. The summed E-state index contributed by atoms with van der Waals surface area (Å²) in [5.74, 6) is 1.34. The standard InChI is InChI=1S/C16H26N2O3/c1-17(10-11-8-14(19)9-11)15(20)13-4-6-18(7-5-13)16(21)12-2-3-12/h11-14,19H,2-10H2,1H3. The van der Waals surface area contributed by atoms with Gasteiger partial charge in [0.25, 0.3) is 0 Å². The van der Waals surface area contributed by atoms with Crippen LogP contribution in [0, 0.1) is 17.8 Å². The molecule has 0 spiro atoms. The Morgan fingerprint density at radius 2 is 1.71 bits per heavy atom. The highest BCUT2D eigenvalue weighted by molar-refractivity contribution is 5.82. The zero-order valence-corrected chi connectivity index (χ0v) is 12.8. The lowest BCUT2D eigenvalue weighted by Crippen LogP contribution is -2.46. The van der Waals surface area contributed by atoms with Crippen LogP contribution in [0.4, 0.5) is 0 Å². The zero-order chi connectivity index (χ0) is 15.0. The van der Waals surface area contributed by atoms with Crippen LogP contribution in [-0.4, -0.2) is 59.5 Å². The molecule has 0 unspecified atom stereocenters. The van der Waals surface area contributed by atoms with E-state index < -0.39 is 0 Å². The normalized spacial score (nSPS) is 29.9. The van der Waals surface area contributed by atoms with Crippen molar-refractivity contribution in [1.29, 1.82) is 0 Å². The van der Waals surface area contributed by atoms with Gasteiger partial charge in [0.1, 0.15) is 0 Å².